The van der Waals surface area contributed by atoms with Crippen molar-refractivity contribution in [3.05, 3.63) is 36.2 Å². The van der Waals surface area contributed by atoms with Crippen LogP contribution in [-0.2, 0) is 0 Å². The van der Waals surface area contributed by atoms with E-state index in [2.05, 4.69) is 14.9 Å². The third-order valence-electron chi connectivity index (χ3n) is 5.34. The number of fused-ring (bicyclic) bond motifs is 1. The Morgan fingerprint density at radius 2 is 1.79 bits per heavy atom. The van der Waals surface area contributed by atoms with E-state index in [9.17, 15) is 4.79 Å². The van der Waals surface area contributed by atoms with Gasteiger partial charge in [0, 0.05) is 30.7 Å². The topological polar surface area (TPSA) is 49.3 Å². The fraction of sp³-hybridized carbons (Fsp3) is 0.526. The van der Waals surface area contributed by atoms with Gasteiger partial charge in [0.25, 0.3) is 5.91 Å². The van der Waals surface area contributed by atoms with E-state index in [1.807, 2.05) is 29.2 Å². The molecule has 0 aliphatic carbocycles. The second-order valence-corrected chi connectivity index (χ2v) is 6.87. The number of hydrogen-bond donors (Lipinski definition) is 0. The van der Waals surface area contributed by atoms with Crippen LogP contribution in [0.3, 0.4) is 0 Å². The summed E-state index contributed by atoms with van der Waals surface area (Å²) in [6, 6.07) is 8.26. The Labute approximate surface area is 142 Å². The van der Waals surface area contributed by atoms with E-state index in [1.54, 1.807) is 6.20 Å². The van der Waals surface area contributed by atoms with Gasteiger partial charge >= 0.3 is 0 Å². The van der Waals surface area contributed by atoms with E-state index in [0.717, 1.165) is 31.3 Å². The minimum Gasteiger partial charge on any atom is -0.337 e. The first-order valence-corrected chi connectivity index (χ1v) is 9.06. The number of carbonyl (C=O) groups excluding carboxylic acids is 1. The number of nitrogens with zero attached hydrogens (tertiary/aromatic N) is 4. The molecule has 0 N–H and O–H groups in total. The first-order chi connectivity index (χ1) is 11.8. The molecule has 0 atom stereocenters. The summed E-state index contributed by atoms with van der Waals surface area (Å²) < 4.78 is 0. The van der Waals surface area contributed by atoms with Crippen molar-refractivity contribution in [2.75, 3.05) is 26.2 Å². The highest BCUT2D eigenvalue weighted by atomic mass is 16.2. The zero-order valence-corrected chi connectivity index (χ0v) is 14.0. The Morgan fingerprint density at radius 1 is 1.00 bits per heavy atom. The predicted octanol–water partition coefficient (Wildman–Crippen LogP) is 2.72. The highest BCUT2D eigenvalue weighted by Crippen LogP contribution is 2.22. The lowest BCUT2D eigenvalue weighted by Gasteiger charge is -2.40. The maximum absolute atomic E-state index is 12.7. The second-order valence-electron chi connectivity index (χ2n) is 6.87. The highest BCUT2D eigenvalue weighted by Gasteiger charge is 2.28. The van der Waals surface area contributed by atoms with Crippen LogP contribution in [0.1, 0.15) is 42.6 Å². The quantitative estimate of drug-likeness (QED) is 0.852. The van der Waals surface area contributed by atoms with E-state index >= 15 is 0 Å². The summed E-state index contributed by atoms with van der Waals surface area (Å²) in [5, 5.41) is 0.970. The van der Waals surface area contributed by atoms with Crippen molar-refractivity contribution < 1.29 is 4.79 Å². The number of likely N-dealkylation sites (tertiary alicyclic amines) is 2. The van der Waals surface area contributed by atoms with Gasteiger partial charge in [-0.1, -0.05) is 6.42 Å². The van der Waals surface area contributed by atoms with Gasteiger partial charge in [0.15, 0.2) is 5.65 Å². The summed E-state index contributed by atoms with van der Waals surface area (Å²) in [6.07, 6.45) is 7.90. The number of pyridine rings is 2. The molecule has 0 unspecified atom stereocenters. The molecule has 2 aliphatic rings. The van der Waals surface area contributed by atoms with E-state index in [0.29, 0.717) is 17.4 Å². The normalized spacial score (nSPS) is 20.4. The molecule has 126 valence electrons. The number of amides is 1. The molecule has 2 fully saturated rings. The van der Waals surface area contributed by atoms with Gasteiger partial charge in [0.1, 0.15) is 5.69 Å². The zero-order chi connectivity index (χ0) is 16.4. The number of hydrogen-bond acceptors (Lipinski definition) is 4. The second kappa shape index (κ2) is 6.85. The molecule has 5 nitrogen and oxygen atoms in total. The summed E-state index contributed by atoms with van der Waals surface area (Å²) >= 11 is 0. The highest BCUT2D eigenvalue weighted by molar-refractivity contribution is 5.94. The standard InChI is InChI=1S/C19H24N4O/c24-19(17-7-6-15-5-4-10-20-18(15)21-17)23-13-8-16(9-14-23)22-11-2-1-3-12-22/h4-7,10,16H,1-3,8-9,11-14H2. The summed E-state index contributed by atoms with van der Waals surface area (Å²) in [6.45, 7) is 4.14. The van der Waals surface area contributed by atoms with Crippen LogP contribution >= 0.6 is 0 Å². The fourth-order valence-electron chi connectivity index (χ4n) is 3.95. The minimum absolute atomic E-state index is 0.0413. The third kappa shape index (κ3) is 3.13. The largest absolute Gasteiger partial charge is 0.337 e. The van der Waals surface area contributed by atoms with E-state index in [-0.39, 0.29) is 5.91 Å². The van der Waals surface area contributed by atoms with Crippen molar-refractivity contribution in [1.29, 1.82) is 0 Å². The van der Waals surface area contributed by atoms with Gasteiger partial charge in [-0.3, -0.25) is 4.79 Å². The van der Waals surface area contributed by atoms with Crippen molar-refractivity contribution in [2.45, 2.75) is 38.1 Å². The number of aromatic nitrogens is 2. The molecule has 2 saturated heterocycles. The Morgan fingerprint density at radius 3 is 2.58 bits per heavy atom. The van der Waals surface area contributed by atoms with Crippen molar-refractivity contribution in [1.82, 2.24) is 19.8 Å². The van der Waals surface area contributed by atoms with Crippen molar-refractivity contribution in [3.8, 4) is 0 Å². The smallest absolute Gasteiger partial charge is 0.272 e. The Balaban J connectivity index is 1.41. The van der Waals surface area contributed by atoms with Crippen LogP contribution in [0.4, 0.5) is 0 Å². The summed E-state index contributed by atoms with van der Waals surface area (Å²) in [7, 11) is 0. The molecular weight excluding hydrogens is 300 g/mol. The number of rotatable bonds is 2. The van der Waals surface area contributed by atoms with Crippen LogP contribution in [0.5, 0.6) is 0 Å². The molecule has 2 aromatic heterocycles. The average Bonchev–Trinajstić information content (AvgIpc) is 2.68. The lowest BCUT2D eigenvalue weighted by molar-refractivity contribution is 0.0585. The molecule has 0 bridgehead atoms. The molecule has 4 rings (SSSR count). The lowest BCUT2D eigenvalue weighted by atomic mass is 9.99. The van der Waals surface area contributed by atoms with Crippen LogP contribution in [0, 0.1) is 0 Å². The van der Waals surface area contributed by atoms with Crippen LogP contribution in [-0.4, -0.2) is 57.9 Å². The van der Waals surface area contributed by atoms with Gasteiger partial charge in [-0.25, -0.2) is 9.97 Å². The van der Waals surface area contributed by atoms with Crippen LogP contribution in [0.15, 0.2) is 30.5 Å². The lowest BCUT2D eigenvalue weighted by Crippen LogP contribution is -2.48. The molecule has 2 aromatic rings. The third-order valence-corrected chi connectivity index (χ3v) is 5.34. The number of carbonyl (C=O) groups is 1. The number of piperidine rings is 2. The Kier molecular flexibility index (Phi) is 4.43. The van der Waals surface area contributed by atoms with Crippen LogP contribution in [0.25, 0.3) is 11.0 Å². The van der Waals surface area contributed by atoms with Gasteiger partial charge in [-0.15, -0.1) is 0 Å². The van der Waals surface area contributed by atoms with E-state index < -0.39 is 0 Å². The molecule has 2 aliphatic heterocycles. The average molecular weight is 324 g/mol. The molecule has 4 heterocycles. The molecule has 0 aromatic carbocycles. The predicted molar refractivity (Wildman–Crippen MR) is 93.9 cm³/mol. The molecule has 0 spiro atoms. The van der Waals surface area contributed by atoms with Gasteiger partial charge in [0.05, 0.1) is 0 Å². The Hall–Kier alpha value is -2.01. The fourth-order valence-corrected chi connectivity index (χ4v) is 3.95. The maximum Gasteiger partial charge on any atom is 0.272 e. The molecule has 1 amide bonds. The van der Waals surface area contributed by atoms with Crippen molar-refractivity contribution in [3.63, 3.8) is 0 Å². The zero-order valence-electron chi connectivity index (χ0n) is 14.0. The summed E-state index contributed by atoms with van der Waals surface area (Å²) in [5.74, 6) is 0.0413. The van der Waals surface area contributed by atoms with Gasteiger partial charge in [-0.2, -0.15) is 0 Å². The Bertz CT molecular complexity index is 718. The van der Waals surface area contributed by atoms with E-state index in [4.69, 9.17) is 0 Å². The maximum atomic E-state index is 12.7. The van der Waals surface area contributed by atoms with Gasteiger partial charge < -0.3 is 9.80 Å². The van der Waals surface area contributed by atoms with Crippen LogP contribution < -0.4 is 0 Å². The SMILES string of the molecule is O=C(c1ccc2cccnc2n1)N1CCC(N2CCCCC2)CC1. The minimum atomic E-state index is 0.0413. The van der Waals surface area contributed by atoms with E-state index in [1.165, 1.54) is 32.4 Å². The molecule has 5 heteroatoms. The first-order valence-electron chi connectivity index (χ1n) is 9.06. The van der Waals surface area contributed by atoms with Crippen molar-refractivity contribution >= 4 is 16.9 Å². The molecule has 24 heavy (non-hydrogen) atoms. The van der Waals surface area contributed by atoms with Crippen LogP contribution in [0.2, 0.25) is 0 Å². The monoisotopic (exact) mass is 324 g/mol. The molecular formula is C19H24N4O. The first kappa shape index (κ1) is 15.5. The van der Waals surface area contributed by atoms with Gasteiger partial charge in [-0.05, 0) is 63.0 Å². The summed E-state index contributed by atoms with van der Waals surface area (Å²) in [4.78, 5) is 26.0. The van der Waals surface area contributed by atoms with Crippen molar-refractivity contribution in [2.24, 2.45) is 0 Å². The molecule has 0 saturated carbocycles. The summed E-state index contributed by atoms with van der Waals surface area (Å²) in [5.41, 5.74) is 1.16. The molecule has 0 radical (unpaired) electrons. The van der Waals surface area contributed by atoms with Gasteiger partial charge in [0.2, 0.25) is 0 Å².